The lowest BCUT2D eigenvalue weighted by Gasteiger charge is -2.23. The monoisotopic (exact) mass is 278 g/mol. The van der Waals surface area contributed by atoms with Crippen LogP contribution in [0.4, 0.5) is 17.1 Å². The minimum Gasteiger partial charge on any atom is -0.281 e. The van der Waals surface area contributed by atoms with Gasteiger partial charge in [-0.05, 0) is 41.6 Å². The Morgan fingerprint density at radius 2 is 1.86 bits per heavy atom. The van der Waals surface area contributed by atoms with Crippen LogP contribution >= 0.6 is 0 Å². The van der Waals surface area contributed by atoms with Crippen LogP contribution in [0.5, 0.6) is 0 Å². The molecule has 0 fully saturated rings. The molecule has 1 amide bonds. The fourth-order valence-corrected chi connectivity index (χ4v) is 2.76. The number of benzene rings is 2. The van der Waals surface area contributed by atoms with Gasteiger partial charge in [-0.15, -0.1) is 0 Å². The van der Waals surface area contributed by atoms with Crippen molar-refractivity contribution in [3.8, 4) is 0 Å². The third-order valence-corrected chi connectivity index (χ3v) is 3.68. The molecule has 1 aliphatic rings. The second-order valence-electron chi connectivity index (χ2n) is 4.99. The first-order chi connectivity index (χ1) is 10.2. The molecule has 0 spiro atoms. The molecule has 0 atom stereocenters. The maximum absolute atomic E-state index is 12.2. The molecule has 1 aliphatic heterocycles. The Morgan fingerprint density at radius 1 is 1.14 bits per heavy atom. The van der Waals surface area contributed by atoms with E-state index in [9.17, 15) is 4.79 Å². The molecule has 0 saturated carbocycles. The van der Waals surface area contributed by atoms with Gasteiger partial charge in [0.1, 0.15) is 0 Å². The van der Waals surface area contributed by atoms with Crippen molar-refractivity contribution < 1.29 is 4.79 Å². The van der Waals surface area contributed by atoms with Crippen molar-refractivity contribution in [3.63, 3.8) is 0 Å². The van der Waals surface area contributed by atoms with Gasteiger partial charge >= 0.3 is 0 Å². The Balaban J connectivity index is 2.24. The van der Waals surface area contributed by atoms with Crippen LogP contribution in [0.1, 0.15) is 18.1 Å². The van der Waals surface area contributed by atoms with Gasteiger partial charge < -0.3 is 0 Å². The summed E-state index contributed by atoms with van der Waals surface area (Å²) in [7, 11) is 0. The van der Waals surface area contributed by atoms with E-state index in [1.165, 1.54) is 0 Å². The largest absolute Gasteiger partial charge is 0.281 e. The predicted molar refractivity (Wildman–Crippen MR) is 81.9 cm³/mol. The highest BCUT2D eigenvalue weighted by Crippen LogP contribution is 2.38. The minimum atomic E-state index is -0.0521. The zero-order valence-electron chi connectivity index (χ0n) is 11.7. The number of para-hydroxylation sites is 1. The fraction of sp³-hybridized carbons (Fsp3) is 0.188. The summed E-state index contributed by atoms with van der Waals surface area (Å²) in [4.78, 5) is 16.7. The van der Waals surface area contributed by atoms with Crippen molar-refractivity contribution in [2.75, 3.05) is 4.90 Å². The Bertz CT molecular complexity index is 763. The van der Waals surface area contributed by atoms with Crippen LogP contribution in [0.2, 0.25) is 0 Å². The van der Waals surface area contributed by atoms with Gasteiger partial charge in [-0.2, -0.15) is 0 Å². The molecule has 21 heavy (non-hydrogen) atoms. The number of nitrogens with zero attached hydrogens (tertiary/aromatic N) is 4. The number of hydrogen-bond acceptors (Lipinski definition) is 2. The summed E-state index contributed by atoms with van der Waals surface area (Å²) in [6.45, 7) is 1.55. The molecule has 1 heterocycles. The average Bonchev–Trinajstić information content (AvgIpc) is 2.63. The van der Waals surface area contributed by atoms with Gasteiger partial charge in [-0.3, -0.25) is 9.69 Å². The van der Waals surface area contributed by atoms with E-state index in [-0.39, 0.29) is 5.91 Å². The van der Waals surface area contributed by atoms with E-state index in [0.717, 1.165) is 35.3 Å². The van der Waals surface area contributed by atoms with Gasteiger partial charge in [-0.1, -0.05) is 35.4 Å². The van der Waals surface area contributed by atoms with Crippen molar-refractivity contribution in [2.45, 2.75) is 19.8 Å². The first kappa shape index (κ1) is 13.2. The van der Waals surface area contributed by atoms with E-state index < -0.39 is 0 Å². The van der Waals surface area contributed by atoms with Crippen LogP contribution in [0.3, 0.4) is 0 Å². The van der Waals surface area contributed by atoms with Crippen molar-refractivity contribution in [2.24, 2.45) is 5.11 Å². The maximum atomic E-state index is 12.2. The van der Waals surface area contributed by atoms with Gasteiger partial charge in [0.25, 0.3) is 0 Å². The zero-order chi connectivity index (χ0) is 14.8. The summed E-state index contributed by atoms with van der Waals surface area (Å²) >= 11 is 0. The second kappa shape index (κ2) is 5.31. The third kappa shape index (κ3) is 2.35. The fourth-order valence-electron chi connectivity index (χ4n) is 2.76. The molecule has 0 bridgehead atoms. The number of fused-ring (bicyclic) bond motifs is 2. The van der Waals surface area contributed by atoms with Crippen LogP contribution in [-0.4, -0.2) is 5.91 Å². The molecule has 0 aliphatic carbocycles. The van der Waals surface area contributed by atoms with Crippen molar-refractivity contribution in [1.29, 1.82) is 0 Å². The van der Waals surface area contributed by atoms with Gasteiger partial charge in [-0.25, -0.2) is 0 Å². The van der Waals surface area contributed by atoms with E-state index in [4.69, 9.17) is 5.53 Å². The molecular formula is C16H14N4O. The summed E-state index contributed by atoms with van der Waals surface area (Å²) in [6, 6.07) is 13.4. The molecule has 5 nitrogen and oxygen atoms in total. The number of rotatable bonds is 1. The van der Waals surface area contributed by atoms with Crippen LogP contribution in [0.15, 0.2) is 47.6 Å². The Kier molecular flexibility index (Phi) is 3.34. The molecule has 0 unspecified atom stereocenters. The van der Waals surface area contributed by atoms with E-state index in [0.29, 0.717) is 5.69 Å². The van der Waals surface area contributed by atoms with E-state index in [1.54, 1.807) is 24.0 Å². The molecule has 0 N–H and O–H groups in total. The third-order valence-electron chi connectivity index (χ3n) is 3.68. The lowest BCUT2D eigenvalue weighted by Crippen LogP contribution is -2.23. The summed E-state index contributed by atoms with van der Waals surface area (Å²) in [5.74, 6) is -0.0521. The highest BCUT2D eigenvalue weighted by Gasteiger charge is 2.23. The summed E-state index contributed by atoms with van der Waals surface area (Å²) in [5, 5.41) is 3.64. The van der Waals surface area contributed by atoms with Gasteiger partial charge in [0, 0.05) is 17.5 Å². The quantitative estimate of drug-likeness (QED) is 0.432. The molecule has 2 aromatic carbocycles. The predicted octanol–water partition coefficient (Wildman–Crippen LogP) is 4.41. The highest BCUT2D eigenvalue weighted by molar-refractivity contribution is 6.01. The Morgan fingerprint density at radius 3 is 2.57 bits per heavy atom. The molecule has 104 valence electrons. The topological polar surface area (TPSA) is 69.1 Å². The van der Waals surface area contributed by atoms with Crippen LogP contribution < -0.4 is 4.90 Å². The molecule has 0 aromatic heterocycles. The number of aryl methyl sites for hydroxylation is 2. The first-order valence-electron chi connectivity index (χ1n) is 6.77. The molecule has 5 heteroatoms. The second-order valence-corrected chi connectivity index (χ2v) is 4.99. The zero-order valence-corrected chi connectivity index (χ0v) is 11.7. The van der Waals surface area contributed by atoms with E-state index in [1.807, 2.05) is 30.3 Å². The lowest BCUT2D eigenvalue weighted by atomic mass is 10.0. The van der Waals surface area contributed by atoms with Crippen LogP contribution in [-0.2, 0) is 17.6 Å². The van der Waals surface area contributed by atoms with Gasteiger partial charge in [0.15, 0.2) is 0 Å². The van der Waals surface area contributed by atoms with Gasteiger partial charge in [0.05, 0.1) is 11.4 Å². The van der Waals surface area contributed by atoms with Crippen molar-refractivity contribution in [3.05, 3.63) is 64.0 Å². The molecule has 2 aromatic rings. The molecular weight excluding hydrogens is 264 g/mol. The number of hydrogen-bond donors (Lipinski definition) is 0. The Labute approximate surface area is 122 Å². The van der Waals surface area contributed by atoms with E-state index in [2.05, 4.69) is 10.0 Å². The number of azide groups is 1. The lowest BCUT2D eigenvalue weighted by molar-refractivity contribution is -0.115. The molecule has 3 rings (SSSR count). The summed E-state index contributed by atoms with van der Waals surface area (Å²) in [5.41, 5.74) is 13.0. The van der Waals surface area contributed by atoms with E-state index >= 15 is 0 Å². The smallest absolute Gasteiger partial charge is 0.228 e. The number of carbonyl (C=O) groups is 1. The SMILES string of the molecule is CC(=O)N1c2ccccc2CCc2ccc(N=[N+]=[N-])cc21. The standard InChI is InChI=1S/C16H14N4O/c1-11(21)20-15-5-3-2-4-12(15)6-7-13-8-9-14(18-19-17)10-16(13)20/h2-5,8-10H,6-7H2,1H3. The molecule has 0 radical (unpaired) electrons. The average molecular weight is 278 g/mol. The number of anilines is 2. The Hall–Kier alpha value is -2.78. The van der Waals surface area contributed by atoms with Crippen LogP contribution in [0.25, 0.3) is 10.4 Å². The normalized spacial score (nSPS) is 12.7. The van der Waals surface area contributed by atoms with Crippen LogP contribution in [0, 0.1) is 0 Å². The number of carbonyl (C=O) groups excluding carboxylic acids is 1. The van der Waals surface area contributed by atoms with Crippen molar-refractivity contribution in [1.82, 2.24) is 0 Å². The summed E-state index contributed by atoms with van der Waals surface area (Å²) in [6.07, 6.45) is 1.74. The maximum Gasteiger partial charge on any atom is 0.228 e. The first-order valence-corrected chi connectivity index (χ1v) is 6.77. The molecule has 0 saturated heterocycles. The van der Waals surface area contributed by atoms with Gasteiger partial charge in [0.2, 0.25) is 5.91 Å². The number of amides is 1. The van der Waals surface area contributed by atoms with Crippen molar-refractivity contribution >= 4 is 23.0 Å². The minimum absolute atomic E-state index is 0.0521. The summed E-state index contributed by atoms with van der Waals surface area (Å²) < 4.78 is 0. The highest BCUT2D eigenvalue weighted by atomic mass is 16.2.